The van der Waals surface area contributed by atoms with Crippen LogP contribution in [-0.2, 0) is 6.42 Å². The summed E-state index contributed by atoms with van der Waals surface area (Å²) in [5.74, 6) is 0.632. The predicted molar refractivity (Wildman–Crippen MR) is 41.0 cm³/mol. The first-order valence-corrected chi connectivity index (χ1v) is 3.43. The van der Waals surface area contributed by atoms with Gasteiger partial charge in [0, 0.05) is 0 Å². The van der Waals surface area contributed by atoms with Crippen molar-refractivity contribution in [1.82, 2.24) is 20.2 Å². The molecule has 2 rings (SSSR count). The number of nitrogens with zero attached hydrogens (tertiary/aromatic N) is 4. The number of fused-ring (bicyclic) bond motifs is 1. The van der Waals surface area contributed by atoms with E-state index in [0.717, 1.165) is 5.52 Å². The van der Waals surface area contributed by atoms with Crippen LogP contribution in [0.5, 0.6) is 0 Å². The number of imidazole rings is 1. The molecule has 0 unspecified atom stereocenters. The second-order valence-electron chi connectivity index (χ2n) is 2.29. The van der Waals surface area contributed by atoms with Crippen molar-refractivity contribution < 1.29 is 0 Å². The molecule has 0 saturated carbocycles. The molecular weight excluding hydrogens is 154 g/mol. The van der Waals surface area contributed by atoms with Crippen molar-refractivity contribution in [3.8, 4) is 6.07 Å². The number of nitriles is 1. The smallest absolute Gasteiger partial charge is 0.199 e. The van der Waals surface area contributed by atoms with Gasteiger partial charge in [0.25, 0.3) is 0 Å². The van der Waals surface area contributed by atoms with Crippen molar-refractivity contribution in [2.75, 3.05) is 0 Å². The van der Waals surface area contributed by atoms with E-state index in [-0.39, 0.29) is 6.42 Å². The molecule has 0 aliphatic heterocycles. The molecule has 58 valence electrons. The van der Waals surface area contributed by atoms with Gasteiger partial charge in [0.2, 0.25) is 0 Å². The van der Waals surface area contributed by atoms with Gasteiger partial charge in [0.15, 0.2) is 5.65 Å². The van der Waals surface area contributed by atoms with E-state index in [4.69, 9.17) is 5.26 Å². The maximum Gasteiger partial charge on any atom is 0.199 e. The Labute approximate surface area is 68.1 Å². The molecule has 1 N–H and O–H groups in total. The van der Waals surface area contributed by atoms with E-state index in [0.29, 0.717) is 11.5 Å². The summed E-state index contributed by atoms with van der Waals surface area (Å²) in [7, 11) is 0. The number of aromatic amines is 1. The van der Waals surface area contributed by atoms with Crippen molar-refractivity contribution in [2.45, 2.75) is 6.42 Å². The molecule has 0 amide bonds. The first-order chi connectivity index (χ1) is 5.90. The van der Waals surface area contributed by atoms with E-state index < -0.39 is 0 Å². The van der Waals surface area contributed by atoms with Gasteiger partial charge >= 0.3 is 0 Å². The second kappa shape index (κ2) is 2.58. The highest BCUT2D eigenvalue weighted by Gasteiger charge is 2.01. The van der Waals surface area contributed by atoms with E-state index in [1.54, 1.807) is 12.3 Å². The zero-order valence-corrected chi connectivity index (χ0v) is 6.15. The Balaban J connectivity index is 2.56. The Morgan fingerprint density at radius 2 is 2.50 bits per heavy atom. The number of rotatable bonds is 1. The fraction of sp³-hybridized carbons (Fsp3) is 0.143. The summed E-state index contributed by atoms with van der Waals surface area (Å²) in [6, 6.07) is 3.78. The van der Waals surface area contributed by atoms with Crippen molar-refractivity contribution in [2.24, 2.45) is 0 Å². The summed E-state index contributed by atoms with van der Waals surface area (Å²) in [5.41, 5.74) is 1.37. The van der Waals surface area contributed by atoms with Crippen LogP contribution in [0.1, 0.15) is 5.82 Å². The highest BCUT2D eigenvalue weighted by Crippen LogP contribution is 2.05. The number of H-pyrrole nitrogens is 1. The minimum Gasteiger partial charge on any atom is -0.340 e. The third kappa shape index (κ3) is 0.992. The van der Waals surface area contributed by atoms with Gasteiger partial charge in [-0.25, -0.2) is 4.98 Å². The fourth-order valence-electron chi connectivity index (χ4n) is 0.974. The Kier molecular flexibility index (Phi) is 1.45. The third-order valence-electron chi connectivity index (χ3n) is 1.47. The van der Waals surface area contributed by atoms with Gasteiger partial charge in [-0.15, -0.1) is 5.10 Å². The average Bonchev–Trinajstić information content (AvgIpc) is 2.47. The van der Waals surface area contributed by atoms with E-state index in [2.05, 4.69) is 20.2 Å². The van der Waals surface area contributed by atoms with E-state index in [1.807, 2.05) is 6.07 Å². The molecule has 2 aromatic heterocycles. The number of nitrogens with one attached hydrogen (secondary N) is 1. The van der Waals surface area contributed by atoms with Gasteiger partial charge in [-0.05, 0) is 6.07 Å². The molecule has 0 aliphatic rings. The van der Waals surface area contributed by atoms with E-state index in [1.165, 1.54) is 0 Å². The van der Waals surface area contributed by atoms with Crippen LogP contribution in [0, 0.1) is 11.3 Å². The molecule has 0 aromatic carbocycles. The van der Waals surface area contributed by atoms with Gasteiger partial charge in [-0.1, -0.05) is 0 Å². The SMILES string of the molecule is N#CCc1nc2nnccc2[nH]1. The largest absolute Gasteiger partial charge is 0.340 e. The zero-order chi connectivity index (χ0) is 8.39. The number of hydrogen-bond donors (Lipinski definition) is 1. The molecule has 0 bridgehead atoms. The van der Waals surface area contributed by atoms with Gasteiger partial charge in [-0.2, -0.15) is 10.4 Å². The van der Waals surface area contributed by atoms with Gasteiger partial charge in [0.1, 0.15) is 5.82 Å². The van der Waals surface area contributed by atoms with Crippen LogP contribution in [0.3, 0.4) is 0 Å². The van der Waals surface area contributed by atoms with Crippen molar-refractivity contribution >= 4 is 11.2 Å². The van der Waals surface area contributed by atoms with Crippen LogP contribution in [0.2, 0.25) is 0 Å². The summed E-state index contributed by atoms with van der Waals surface area (Å²) in [6.45, 7) is 0. The van der Waals surface area contributed by atoms with Crippen LogP contribution in [-0.4, -0.2) is 20.2 Å². The molecule has 0 saturated heterocycles. The monoisotopic (exact) mass is 159 g/mol. The Bertz CT molecular complexity index is 405. The first-order valence-electron chi connectivity index (χ1n) is 3.43. The van der Waals surface area contributed by atoms with Crippen molar-refractivity contribution in [1.29, 1.82) is 5.26 Å². The molecule has 12 heavy (non-hydrogen) atoms. The molecular formula is C7H5N5. The Morgan fingerprint density at radius 3 is 3.25 bits per heavy atom. The molecule has 0 radical (unpaired) electrons. The standard InChI is InChI=1S/C7H5N5/c8-3-1-6-10-5-2-4-9-12-7(5)11-6/h2,4H,1H2,(H,10,11,12). The molecule has 0 atom stereocenters. The van der Waals surface area contributed by atoms with Crippen molar-refractivity contribution in [3.05, 3.63) is 18.1 Å². The summed E-state index contributed by atoms with van der Waals surface area (Å²) < 4.78 is 0. The molecule has 0 spiro atoms. The van der Waals surface area contributed by atoms with Crippen LogP contribution in [0.25, 0.3) is 11.2 Å². The van der Waals surface area contributed by atoms with E-state index >= 15 is 0 Å². The topological polar surface area (TPSA) is 78.2 Å². The van der Waals surface area contributed by atoms with Crippen LogP contribution < -0.4 is 0 Å². The van der Waals surface area contributed by atoms with Gasteiger partial charge in [-0.3, -0.25) is 0 Å². The Hall–Kier alpha value is -1.96. The summed E-state index contributed by atoms with van der Waals surface area (Å²) in [4.78, 5) is 7.01. The molecule has 2 heterocycles. The first kappa shape index (κ1) is 6.73. The quantitative estimate of drug-likeness (QED) is 0.654. The number of hydrogen-bond acceptors (Lipinski definition) is 4. The molecule has 0 fully saturated rings. The fourth-order valence-corrected chi connectivity index (χ4v) is 0.974. The molecule has 5 nitrogen and oxygen atoms in total. The minimum atomic E-state index is 0.274. The summed E-state index contributed by atoms with van der Waals surface area (Å²) in [5, 5.41) is 15.9. The minimum absolute atomic E-state index is 0.274. The molecule has 2 aromatic rings. The van der Waals surface area contributed by atoms with E-state index in [9.17, 15) is 0 Å². The van der Waals surface area contributed by atoms with Gasteiger partial charge in [0.05, 0.1) is 24.2 Å². The van der Waals surface area contributed by atoms with Crippen molar-refractivity contribution in [3.63, 3.8) is 0 Å². The zero-order valence-electron chi connectivity index (χ0n) is 6.15. The normalized spacial score (nSPS) is 9.92. The maximum atomic E-state index is 8.40. The Morgan fingerprint density at radius 1 is 1.58 bits per heavy atom. The summed E-state index contributed by atoms with van der Waals surface area (Å²) in [6.07, 6.45) is 1.85. The van der Waals surface area contributed by atoms with Crippen LogP contribution in [0.15, 0.2) is 12.3 Å². The highest BCUT2D eigenvalue weighted by atomic mass is 15.1. The predicted octanol–water partition coefficient (Wildman–Crippen LogP) is 0.419. The van der Waals surface area contributed by atoms with Crippen LogP contribution >= 0.6 is 0 Å². The van der Waals surface area contributed by atoms with Crippen LogP contribution in [0.4, 0.5) is 0 Å². The average molecular weight is 159 g/mol. The lowest BCUT2D eigenvalue weighted by molar-refractivity contribution is 1.04. The van der Waals surface area contributed by atoms with Gasteiger partial charge < -0.3 is 4.98 Å². The summed E-state index contributed by atoms with van der Waals surface area (Å²) >= 11 is 0. The lowest BCUT2D eigenvalue weighted by Gasteiger charge is -1.80. The third-order valence-corrected chi connectivity index (χ3v) is 1.47. The molecule has 0 aliphatic carbocycles. The lowest BCUT2D eigenvalue weighted by atomic mass is 10.5. The highest BCUT2D eigenvalue weighted by molar-refractivity contribution is 5.69. The lowest BCUT2D eigenvalue weighted by Crippen LogP contribution is -1.82. The number of aromatic nitrogens is 4. The maximum absolute atomic E-state index is 8.40. The second-order valence-corrected chi connectivity index (χ2v) is 2.29. The molecule has 5 heteroatoms.